The standard InChI is InChI=1S/C8H15N3O2S/c1-11(2)6(7(12)13)3-5-4-9-8(14)10-5/h4,6,8-10,14H,3H2,1-2H3,(H,12,13). The maximum Gasteiger partial charge on any atom is 0.321 e. The van der Waals surface area contributed by atoms with E-state index in [0.29, 0.717) is 6.42 Å². The molecule has 6 heteroatoms. The topological polar surface area (TPSA) is 64.6 Å². The number of nitrogens with zero attached hydrogens (tertiary/aromatic N) is 1. The average Bonchev–Trinajstić information content (AvgIpc) is 2.46. The second-order valence-electron chi connectivity index (χ2n) is 3.40. The second-order valence-corrected chi connectivity index (χ2v) is 3.92. The van der Waals surface area contributed by atoms with Crippen LogP contribution in [0.15, 0.2) is 11.9 Å². The highest BCUT2D eigenvalue weighted by molar-refractivity contribution is 7.80. The van der Waals surface area contributed by atoms with Gasteiger partial charge in [0.25, 0.3) is 0 Å². The molecule has 1 aliphatic rings. The van der Waals surface area contributed by atoms with Gasteiger partial charge in [-0.1, -0.05) is 0 Å². The summed E-state index contributed by atoms with van der Waals surface area (Å²) in [6.45, 7) is 0. The van der Waals surface area contributed by atoms with E-state index in [4.69, 9.17) is 5.11 Å². The maximum atomic E-state index is 10.9. The van der Waals surface area contributed by atoms with Crippen molar-refractivity contribution in [2.75, 3.05) is 14.1 Å². The highest BCUT2D eigenvalue weighted by atomic mass is 32.1. The molecule has 0 aromatic heterocycles. The molecule has 5 nitrogen and oxygen atoms in total. The summed E-state index contributed by atoms with van der Waals surface area (Å²) in [5.74, 6) is -0.819. The summed E-state index contributed by atoms with van der Waals surface area (Å²) < 4.78 is 0. The Bertz CT molecular complexity index is 255. The molecule has 0 aliphatic carbocycles. The minimum atomic E-state index is -0.819. The Morgan fingerprint density at radius 3 is 2.79 bits per heavy atom. The third-order valence-electron chi connectivity index (χ3n) is 2.06. The largest absolute Gasteiger partial charge is 0.480 e. The SMILES string of the molecule is CN(C)C(CC1=CNC(S)N1)C(=O)O. The minimum absolute atomic E-state index is 0.110. The van der Waals surface area contributed by atoms with Crippen molar-refractivity contribution in [2.24, 2.45) is 0 Å². The fraction of sp³-hybridized carbons (Fsp3) is 0.625. The van der Waals surface area contributed by atoms with E-state index in [2.05, 4.69) is 23.3 Å². The number of likely N-dealkylation sites (N-methyl/N-ethyl adjacent to an activating group) is 1. The Balaban J connectivity index is 2.52. The molecule has 14 heavy (non-hydrogen) atoms. The third-order valence-corrected chi connectivity index (χ3v) is 2.34. The van der Waals surface area contributed by atoms with Gasteiger partial charge in [-0.15, -0.1) is 12.6 Å². The van der Waals surface area contributed by atoms with Crippen LogP contribution in [-0.4, -0.2) is 41.6 Å². The zero-order chi connectivity index (χ0) is 10.7. The number of carboxylic acid groups (broad SMARTS) is 1. The Kier molecular flexibility index (Phi) is 3.65. The van der Waals surface area contributed by atoms with Crippen molar-refractivity contribution in [3.05, 3.63) is 11.9 Å². The molecule has 3 N–H and O–H groups in total. The smallest absolute Gasteiger partial charge is 0.321 e. The van der Waals surface area contributed by atoms with Crippen LogP contribution in [0.5, 0.6) is 0 Å². The Hall–Kier alpha value is -0.880. The van der Waals surface area contributed by atoms with Gasteiger partial charge >= 0.3 is 5.97 Å². The van der Waals surface area contributed by atoms with Gasteiger partial charge in [0.1, 0.15) is 11.5 Å². The molecule has 0 saturated heterocycles. The van der Waals surface area contributed by atoms with Gasteiger partial charge in [0.05, 0.1) is 0 Å². The lowest BCUT2D eigenvalue weighted by Crippen LogP contribution is -2.37. The van der Waals surface area contributed by atoms with Gasteiger partial charge in [0.15, 0.2) is 0 Å². The molecule has 0 aromatic carbocycles. The fourth-order valence-electron chi connectivity index (χ4n) is 1.26. The number of nitrogens with one attached hydrogen (secondary N) is 2. The first-order valence-electron chi connectivity index (χ1n) is 4.29. The van der Waals surface area contributed by atoms with Crippen molar-refractivity contribution in [1.29, 1.82) is 0 Å². The van der Waals surface area contributed by atoms with Crippen molar-refractivity contribution in [3.8, 4) is 0 Å². The van der Waals surface area contributed by atoms with Crippen molar-refractivity contribution < 1.29 is 9.90 Å². The Morgan fingerprint density at radius 2 is 2.43 bits per heavy atom. The van der Waals surface area contributed by atoms with E-state index in [-0.39, 0.29) is 5.50 Å². The number of carbonyl (C=O) groups is 1. The maximum absolute atomic E-state index is 10.9. The van der Waals surface area contributed by atoms with E-state index in [1.165, 1.54) is 0 Å². The Morgan fingerprint density at radius 1 is 1.79 bits per heavy atom. The summed E-state index contributed by atoms with van der Waals surface area (Å²) in [6, 6.07) is -0.505. The van der Waals surface area contributed by atoms with Gasteiger partial charge in [0.2, 0.25) is 0 Å². The molecule has 0 saturated carbocycles. The first kappa shape index (κ1) is 11.2. The van der Waals surface area contributed by atoms with Crippen LogP contribution in [0.4, 0.5) is 0 Å². The van der Waals surface area contributed by atoms with Crippen LogP contribution in [0.1, 0.15) is 6.42 Å². The molecular weight excluding hydrogens is 202 g/mol. The molecule has 0 amide bonds. The molecule has 0 radical (unpaired) electrons. The zero-order valence-electron chi connectivity index (χ0n) is 8.19. The summed E-state index contributed by atoms with van der Waals surface area (Å²) in [4.78, 5) is 12.6. The zero-order valence-corrected chi connectivity index (χ0v) is 9.08. The van der Waals surface area contributed by atoms with Crippen LogP contribution in [0.3, 0.4) is 0 Å². The summed E-state index contributed by atoms with van der Waals surface area (Å²) in [5.41, 5.74) is 0.757. The lowest BCUT2D eigenvalue weighted by molar-refractivity contribution is -0.142. The minimum Gasteiger partial charge on any atom is -0.480 e. The van der Waals surface area contributed by atoms with Gasteiger partial charge in [-0.05, 0) is 14.1 Å². The third kappa shape index (κ3) is 2.81. The molecule has 1 heterocycles. The molecular formula is C8H15N3O2S. The van der Waals surface area contributed by atoms with Crippen LogP contribution in [-0.2, 0) is 4.79 Å². The van der Waals surface area contributed by atoms with Crippen LogP contribution in [0.25, 0.3) is 0 Å². The molecule has 2 unspecified atom stereocenters. The highest BCUT2D eigenvalue weighted by Crippen LogP contribution is 2.11. The number of hydrogen-bond acceptors (Lipinski definition) is 5. The molecule has 0 bridgehead atoms. The number of rotatable bonds is 4. The number of aliphatic carboxylic acids is 1. The summed E-state index contributed by atoms with van der Waals surface area (Å²) in [5, 5.41) is 14.9. The first-order valence-corrected chi connectivity index (χ1v) is 4.81. The van der Waals surface area contributed by atoms with E-state index >= 15 is 0 Å². The van der Waals surface area contributed by atoms with Gasteiger partial charge in [-0.3, -0.25) is 9.69 Å². The lowest BCUT2D eigenvalue weighted by atomic mass is 10.1. The van der Waals surface area contributed by atoms with Gasteiger partial charge < -0.3 is 15.7 Å². The van der Waals surface area contributed by atoms with Crippen LogP contribution in [0.2, 0.25) is 0 Å². The molecule has 80 valence electrons. The van der Waals surface area contributed by atoms with Crippen LogP contribution < -0.4 is 10.6 Å². The van der Waals surface area contributed by atoms with E-state index in [1.54, 1.807) is 25.2 Å². The summed E-state index contributed by atoms with van der Waals surface area (Å²) in [7, 11) is 3.50. The normalized spacial score (nSPS) is 22.6. The summed E-state index contributed by atoms with van der Waals surface area (Å²) >= 11 is 4.14. The second kappa shape index (κ2) is 4.56. The Labute approximate surface area is 88.6 Å². The first-order chi connectivity index (χ1) is 6.50. The van der Waals surface area contributed by atoms with E-state index in [9.17, 15) is 4.79 Å². The molecule has 0 aromatic rings. The van der Waals surface area contributed by atoms with E-state index in [1.807, 2.05) is 0 Å². The predicted octanol–water partition coefficient (Wildman–Crippen LogP) is -0.361. The van der Waals surface area contributed by atoms with Crippen molar-refractivity contribution in [1.82, 2.24) is 15.5 Å². The van der Waals surface area contributed by atoms with Gasteiger partial charge in [-0.25, -0.2) is 0 Å². The summed E-state index contributed by atoms with van der Waals surface area (Å²) in [6.07, 6.45) is 2.21. The van der Waals surface area contributed by atoms with Gasteiger partial charge in [-0.2, -0.15) is 0 Å². The van der Waals surface area contributed by atoms with Crippen molar-refractivity contribution in [3.63, 3.8) is 0 Å². The molecule has 2 atom stereocenters. The quantitative estimate of drug-likeness (QED) is 0.484. The fourth-order valence-corrected chi connectivity index (χ4v) is 1.50. The highest BCUT2D eigenvalue weighted by Gasteiger charge is 2.23. The monoisotopic (exact) mass is 217 g/mol. The number of thiol groups is 1. The lowest BCUT2D eigenvalue weighted by Gasteiger charge is -2.20. The van der Waals surface area contributed by atoms with Gasteiger partial charge in [0, 0.05) is 18.3 Å². The van der Waals surface area contributed by atoms with Crippen LogP contribution in [0, 0.1) is 0 Å². The number of hydrogen-bond donors (Lipinski definition) is 4. The predicted molar refractivity (Wildman–Crippen MR) is 56.9 cm³/mol. The van der Waals surface area contributed by atoms with Crippen molar-refractivity contribution in [2.45, 2.75) is 18.0 Å². The van der Waals surface area contributed by atoms with Crippen molar-refractivity contribution >= 4 is 18.6 Å². The van der Waals surface area contributed by atoms with Crippen LogP contribution >= 0.6 is 12.6 Å². The molecule has 0 fully saturated rings. The molecule has 1 rings (SSSR count). The number of carboxylic acids is 1. The average molecular weight is 217 g/mol. The molecule has 0 spiro atoms. The van der Waals surface area contributed by atoms with E-state index in [0.717, 1.165) is 5.70 Å². The van der Waals surface area contributed by atoms with E-state index < -0.39 is 12.0 Å². The molecule has 1 aliphatic heterocycles.